The number of imide groups is 1. The lowest BCUT2D eigenvalue weighted by molar-refractivity contribution is -0.140. The van der Waals surface area contributed by atoms with Crippen molar-refractivity contribution in [2.24, 2.45) is 0 Å². The predicted octanol–water partition coefficient (Wildman–Crippen LogP) is 0.977. The number of rotatable bonds is 7. The van der Waals surface area contributed by atoms with Gasteiger partial charge in [-0.2, -0.15) is 0 Å². The summed E-state index contributed by atoms with van der Waals surface area (Å²) in [7, 11) is 1.59. The lowest BCUT2D eigenvalue weighted by Crippen LogP contribution is -2.43. The Morgan fingerprint density at radius 3 is 2.46 bits per heavy atom. The second-order valence-corrected chi connectivity index (χ2v) is 5.79. The molecule has 1 aliphatic heterocycles. The van der Waals surface area contributed by atoms with Gasteiger partial charge in [-0.25, -0.2) is 0 Å². The normalized spacial score (nSPS) is 17.5. The summed E-state index contributed by atoms with van der Waals surface area (Å²) >= 11 is 0. The number of carbonyl (C=O) groups is 3. The smallest absolute Gasteiger partial charge is 0.252 e. The van der Waals surface area contributed by atoms with Crippen LogP contribution in [0.5, 0.6) is 5.75 Å². The first-order valence-corrected chi connectivity index (χ1v) is 7.82. The summed E-state index contributed by atoms with van der Waals surface area (Å²) in [5.41, 5.74) is 0.400. The fourth-order valence-electron chi connectivity index (χ4n) is 2.49. The van der Waals surface area contributed by atoms with E-state index in [4.69, 9.17) is 9.47 Å². The summed E-state index contributed by atoms with van der Waals surface area (Å²) in [5, 5.41) is 2.62. The van der Waals surface area contributed by atoms with Crippen LogP contribution in [0.2, 0.25) is 0 Å². The van der Waals surface area contributed by atoms with Crippen LogP contribution in [-0.4, -0.2) is 55.0 Å². The highest BCUT2D eigenvalue weighted by atomic mass is 16.5. The van der Waals surface area contributed by atoms with Crippen molar-refractivity contribution in [1.82, 2.24) is 10.2 Å². The summed E-state index contributed by atoms with van der Waals surface area (Å²) in [5.74, 6) is -0.387. The lowest BCUT2D eigenvalue weighted by atomic mass is 10.1. The summed E-state index contributed by atoms with van der Waals surface area (Å²) in [6.07, 6.45) is 0.000958. The van der Waals surface area contributed by atoms with Gasteiger partial charge in [0, 0.05) is 18.7 Å². The molecule has 7 nitrogen and oxygen atoms in total. The maximum absolute atomic E-state index is 12.2. The minimum absolute atomic E-state index is 0.000958. The van der Waals surface area contributed by atoms with E-state index in [1.807, 2.05) is 0 Å². The predicted molar refractivity (Wildman–Crippen MR) is 86.7 cm³/mol. The van der Waals surface area contributed by atoms with E-state index < -0.39 is 11.9 Å². The minimum Gasteiger partial charge on any atom is -0.491 e. The highest BCUT2D eigenvalue weighted by molar-refractivity contribution is 6.08. The fraction of sp³-hybridized carbons (Fsp3) is 0.471. The zero-order valence-corrected chi connectivity index (χ0v) is 14.1. The Labute approximate surface area is 140 Å². The summed E-state index contributed by atoms with van der Waals surface area (Å²) in [6, 6.07) is 5.55. The first-order chi connectivity index (χ1) is 11.4. The van der Waals surface area contributed by atoms with Gasteiger partial charge in [0.05, 0.1) is 13.0 Å². The van der Waals surface area contributed by atoms with Gasteiger partial charge in [0.15, 0.2) is 0 Å². The number of benzene rings is 1. The molecule has 1 aromatic rings. The molecule has 0 saturated carbocycles. The lowest BCUT2D eigenvalue weighted by Gasteiger charge is -2.19. The number of likely N-dealkylation sites (tertiary alicyclic amines) is 1. The zero-order chi connectivity index (χ0) is 17.7. The van der Waals surface area contributed by atoms with Crippen molar-refractivity contribution in [2.75, 3.05) is 20.3 Å². The van der Waals surface area contributed by atoms with Gasteiger partial charge in [0.25, 0.3) is 11.8 Å². The van der Waals surface area contributed by atoms with Crippen LogP contribution in [0.3, 0.4) is 0 Å². The topological polar surface area (TPSA) is 84.9 Å². The third-order valence-corrected chi connectivity index (χ3v) is 3.68. The highest BCUT2D eigenvalue weighted by Crippen LogP contribution is 2.17. The molecule has 1 aromatic carbocycles. The van der Waals surface area contributed by atoms with Crippen molar-refractivity contribution in [3.63, 3.8) is 0 Å². The molecule has 0 unspecified atom stereocenters. The van der Waals surface area contributed by atoms with E-state index >= 15 is 0 Å². The maximum atomic E-state index is 12.2. The van der Waals surface area contributed by atoms with Crippen LogP contribution in [0.4, 0.5) is 0 Å². The molecule has 0 aliphatic carbocycles. The maximum Gasteiger partial charge on any atom is 0.252 e. The molecule has 130 valence electrons. The Morgan fingerprint density at radius 2 is 1.92 bits per heavy atom. The third-order valence-electron chi connectivity index (χ3n) is 3.68. The number of carbonyl (C=O) groups excluding carboxylic acids is 3. The largest absolute Gasteiger partial charge is 0.491 e. The second-order valence-electron chi connectivity index (χ2n) is 5.79. The van der Waals surface area contributed by atoms with Crippen LogP contribution in [0, 0.1) is 0 Å². The van der Waals surface area contributed by atoms with Crippen LogP contribution < -0.4 is 10.1 Å². The standard InChI is InChI=1S/C17H22N2O5/c1-11(2)19-15(20)10-14(17(19)22)18-16(21)12-4-6-13(7-5-12)24-9-8-23-3/h4-7,11,14H,8-10H2,1-3H3,(H,18,21)/t14-/m0/s1. The van der Waals surface area contributed by atoms with Crippen molar-refractivity contribution in [2.45, 2.75) is 32.4 Å². The van der Waals surface area contributed by atoms with Gasteiger partial charge >= 0.3 is 0 Å². The van der Waals surface area contributed by atoms with Crippen LogP contribution in [0.1, 0.15) is 30.6 Å². The summed E-state index contributed by atoms with van der Waals surface area (Å²) < 4.78 is 10.3. The van der Waals surface area contributed by atoms with Crippen molar-refractivity contribution in [3.8, 4) is 5.75 Å². The molecule has 0 radical (unpaired) electrons. The van der Waals surface area contributed by atoms with Crippen LogP contribution >= 0.6 is 0 Å². The van der Waals surface area contributed by atoms with E-state index in [1.165, 1.54) is 4.90 Å². The SMILES string of the molecule is COCCOc1ccc(C(=O)N[C@H]2CC(=O)N(C(C)C)C2=O)cc1. The van der Waals surface area contributed by atoms with Crippen molar-refractivity contribution in [3.05, 3.63) is 29.8 Å². The Hall–Kier alpha value is -2.41. The van der Waals surface area contributed by atoms with Gasteiger partial charge in [-0.15, -0.1) is 0 Å². The molecule has 1 N–H and O–H groups in total. The molecule has 24 heavy (non-hydrogen) atoms. The minimum atomic E-state index is -0.801. The van der Waals surface area contributed by atoms with E-state index in [0.717, 1.165) is 0 Å². The Kier molecular flexibility index (Phi) is 5.92. The zero-order valence-electron chi connectivity index (χ0n) is 14.1. The first-order valence-electron chi connectivity index (χ1n) is 7.82. The van der Waals surface area contributed by atoms with Gasteiger partial charge in [-0.05, 0) is 38.1 Å². The Balaban J connectivity index is 1.95. The number of amides is 3. The fourth-order valence-corrected chi connectivity index (χ4v) is 2.49. The Morgan fingerprint density at radius 1 is 1.25 bits per heavy atom. The van der Waals surface area contributed by atoms with E-state index in [0.29, 0.717) is 24.5 Å². The van der Waals surface area contributed by atoms with Gasteiger partial charge in [-0.1, -0.05) is 0 Å². The molecule has 1 fully saturated rings. The molecule has 0 bridgehead atoms. The Bertz CT molecular complexity index is 612. The number of hydrogen-bond acceptors (Lipinski definition) is 5. The molecule has 3 amide bonds. The summed E-state index contributed by atoms with van der Waals surface area (Å²) in [6.45, 7) is 4.43. The average molecular weight is 334 g/mol. The molecule has 0 aromatic heterocycles. The van der Waals surface area contributed by atoms with Crippen molar-refractivity contribution >= 4 is 17.7 Å². The molecule has 0 spiro atoms. The molecule has 1 heterocycles. The van der Waals surface area contributed by atoms with Crippen molar-refractivity contribution < 1.29 is 23.9 Å². The van der Waals surface area contributed by atoms with E-state index in [9.17, 15) is 14.4 Å². The molecule has 1 atom stereocenters. The second kappa shape index (κ2) is 7.92. The number of ether oxygens (including phenoxy) is 2. The van der Waals surface area contributed by atoms with E-state index in [2.05, 4.69) is 5.32 Å². The third kappa shape index (κ3) is 4.11. The van der Waals surface area contributed by atoms with Crippen LogP contribution in [0.25, 0.3) is 0 Å². The van der Waals surface area contributed by atoms with Crippen molar-refractivity contribution in [1.29, 1.82) is 0 Å². The van der Waals surface area contributed by atoms with Crippen LogP contribution in [0.15, 0.2) is 24.3 Å². The number of methoxy groups -OCH3 is 1. The summed E-state index contributed by atoms with van der Waals surface area (Å²) in [4.78, 5) is 37.5. The molecule has 1 saturated heterocycles. The van der Waals surface area contributed by atoms with E-state index in [1.54, 1.807) is 45.2 Å². The number of nitrogens with one attached hydrogen (secondary N) is 1. The van der Waals surface area contributed by atoms with Gasteiger partial charge in [0.2, 0.25) is 5.91 Å². The van der Waals surface area contributed by atoms with Gasteiger partial charge in [-0.3, -0.25) is 19.3 Å². The van der Waals surface area contributed by atoms with Gasteiger partial charge in [0.1, 0.15) is 18.4 Å². The molecular formula is C17H22N2O5. The first kappa shape index (κ1) is 17.9. The molecule has 2 rings (SSSR count). The van der Waals surface area contributed by atoms with Gasteiger partial charge < -0.3 is 14.8 Å². The highest BCUT2D eigenvalue weighted by Gasteiger charge is 2.40. The van der Waals surface area contributed by atoms with E-state index in [-0.39, 0.29) is 24.3 Å². The quantitative estimate of drug-likeness (QED) is 0.593. The monoisotopic (exact) mass is 334 g/mol. The van der Waals surface area contributed by atoms with Crippen LogP contribution in [-0.2, 0) is 14.3 Å². The molecular weight excluding hydrogens is 312 g/mol. The average Bonchev–Trinajstić information content (AvgIpc) is 2.82. The molecule has 7 heteroatoms. The number of nitrogens with zero attached hydrogens (tertiary/aromatic N) is 1. The number of hydrogen-bond donors (Lipinski definition) is 1. The molecule has 1 aliphatic rings.